The van der Waals surface area contributed by atoms with Gasteiger partial charge in [-0.05, 0) is 26.7 Å². The standard InChI is InChI=1S/C14H25F2N3O/c1-11(2)18-7-3-12(4-8-18)17-13(20)19-9-5-14(15,16)6-10-19/h11-12H,3-10H2,1-2H3,(H,17,20). The molecule has 0 aliphatic carbocycles. The highest BCUT2D eigenvalue weighted by Crippen LogP contribution is 2.27. The Labute approximate surface area is 119 Å². The first-order valence-corrected chi connectivity index (χ1v) is 7.55. The zero-order valence-corrected chi connectivity index (χ0v) is 12.4. The fraction of sp³-hybridized carbons (Fsp3) is 0.929. The van der Waals surface area contributed by atoms with Crippen LogP contribution in [0.1, 0.15) is 39.5 Å². The second kappa shape index (κ2) is 6.24. The van der Waals surface area contributed by atoms with Crippen molar-refractivity contribution in [2.24, 2.45) is 0 Å². The Morgan fingerprint density at radius 2 is 1.70 bits per heavy atom. The second-order valence-electron chi connectivity index (χ2n) is 6.20. The molecule has 0 saturated carbocycles. The molecule has 4 nitrogen and oxygen atoms in total. The van der Waals surface area contributed by atoms with Crippen molar-refractivity contribution in [2.45, 2.75) is 57.5 Å². The van der Waals surface area contributed by atoms with E-state index in [9.17, 15) is 13.6 Å². The maximum atomic E-state index is 13.1. The van der Waals surface area contributed by atoms with E-state index in [-0.39, 0.29) is 38.0 Å². The number of rotatable bonds is 2. The first-order valence-electron chi connectivity index (χ1n) is 7.55. The summed E-state index contributed by atoms with van der Waals surface area (Å²) in [7, 11) is 0. The number of nitrogens with one attached hydrogen (secondary N) is 1. The molecular weight excluding hydrogens is 264 g/mol. The molecule has 0 aromatic rings. The number of carbonyl (C=O) groups is 1. The molecule has 0 aromatic carbocycles. The van der Waals surface area contributed by atoms with Crippen LogP contribution in [0.15, 0.2) is 0 Å². The van der Waals surface area contributed by atoms with Gasteiger partial charge in [0.15, 0.2) is 0 Å². The topological polar surface area (TPSA) is 35.6 Å². The summed E-state index contributed by atoms with van der Waals surface area (Å²) in [5.41, 5.74) is 0. The van der Waals surface area contributed by atoms with Crippen LogP contribution in [-0.4, -0.2) is 60.0 Å². The second-order valence-corrected chi connectivity index (χ2v) is 6.20. The van der Waals surface area contributed by atoms with Crippen LogP contribution in [-0.2, 0) is 0 Å². The molecule has 2 rings (SSSR count). The number of amides is 2. The molecule has 0 atom stereocenters. The summed E-state index contributed by atoms with van der Waals surface area (Å²) in [6, 6.07) is 0.541. The molecule has 2 aliphatic rings. The Kier molecular flexibility index (Phi) is 4.83. The zero-order chi connectivity index (χ0) is 14.8. The van der Waals surface area contributed by atoms with Crippen LogP contribution in [0, 0.1) is 0 Å². The van der Waals surface area contributed by atoms with Crippen LogP contribution < -0.4 is 5.32 Å². The summed E-state index contributed by atoms with van der Waals surface area (Å²) >= 11 is 0. The van der Waals surface area contributed by atoms with E-state index in [0.29, 0.717) is 6.04 Å². The SMILES string of the molecule is CC(C)N1CCC(NC(=O)N2CCC(F)(F)CC2)CC1. The number of urea groups is 1. The van der Waals surface area contributed by atoms with Crippen LogP contribution in [0.5, 0.6) is 0 Å². The van der Waals surface area contributed by atoms with Crippen LogP contribution in [0.3, 0.4) is 0 Å². The number of carbonyl (C=O) groups excluding carboxylic acids is 1. The van der Waals surface area contributed by atoms with E-state index in [2.05, 4.69) is 24.1 Å². The Bertz CT molecular complexity index is 331. The molecule has 0 radical (unpaired) electrons. The lowest BCUT2D eigenvalue weighted by atomic mass is 10.0. The van der Waals surface area contributed by atoms with Crippen LogP contribution in [0.4, 0.5) is 13.6 Å². The molecule has 2 fully saturated rings. The van der Waals surface area contributed by atoms with Gasteiger partial charge in [0.05, 0.1) is 0 Å². The van der Waals surface area contributed by atoms with Crippen molar-refractivity contribution in [2.75, 3.05) is 26.2 Å². The maximum absolute atomic E-state index is 13.1. The lowest BCUT2D eigenvalue weighted by Crippen LogP contribution is -2.52. The molecule has 6 heteroatoms. The zero-order valence-electron chi connectivity index (χ0n) is 12.4. The molecule has 20 heavy (non-hydrogen) atoms. The fourth-order valence-electron chi connectivity index (χ4n) is 2.86. The van der Waals surface area contributed by atoms with Crippen LogP contribution in [0.2, 0.25) is 0 Å². The van der Waals surface area contributed by atoms with Crippen molar-refractivity contribution in [1.82, 2.24) is 15.1 Å². The van der Waals surface area contributed by atoms with E-state index in [1.165, 1.54) is 4.90 Å². The van der Waals surface area contributed by atoms with Gasteiger partial charge in [0.2, 0.25) is 0 Å². The van der Waals surface area contributed by atoms with E-state index in [1.807, 2.05) is 0 Å². The van der Waals surface area contributed by atoms with Gasteiger partial charge in [0.25, 0.3) is 5.92 Å². The molecule has 0 aromatic heterocycles. The average Bonchev–Trinajstić information content (AvgIpc) is 2.39. The van der Waals surface area contributed by atoms with Crippen LogP contribution >= 0.6 is 0 Å². The van der Waals surface area contributed by atoms with Crippen molar-refractivity contribution >= 4 is 6.03 Å². The number of hydrogen-bond donors (Lipinski definition) is 1. The van der Waals surface area contributed by atoms with Gasteiger partial charge in [0, 0.05) is 51.1 Å². The normalized spacial score (nSPS) is 24.9. The maximum Gasteiger partial charge on any atom is 0.317 e. The van der Waals surface area contributed by atoms with E-state index in [4.69, 9.17) is 0 Å². The summed E-state index contributed by atoms with van der Waals surface area (Å²) < 4.78 is 26.1. The number of hydrogen-bond acceptors (Lipinski definition) is 2. The van der Waals surface area contributed by atoms with E-state index in [1.54, 1.807) is 0 Å². The summed E-state index contributed by atoms with van der Waals surface area (Å²) in [5, 5.41) is 2.99. The van der Waals surface area contributed by atoms with E-state index < -0.39 is 5.92 Å². The number of nitrogens with zero attached hydrogens (tertiary/aromatic N) is 2. The van der Waals surface area contributed by atoms with Crippen molar-refractivity contribution in [1.29, 1.82) is 0 Å². The number of alkyl halides is 2. The van der Waals surface area contributed by atoms with Gasteiger partial charge in [-0.25, -0.2) is 13.6 Å². The molecule has 2 heterocycles. The van der Waals surface area contributed by atoms with E-state index >= 15 is 0 Å². The summed E-state index contributed by atoms with van der Waals surface area (Å²) in [6.45, 7) is 6.63. The van der Waals surface area contributed by atoms with Gasteiger partial charge < -0.3 is 15.1 Å². The van der Waals surface area contributed by atoms with Crippen molar-refractivity contribution in [3.63, 3.8) is 0 Å². The minimum Gasteiger partial charge on any atom is -0.335 e. The highest BCUT2D eigenvalue weighted by Gasteiger charge is 2.36. The third kappa shape index (κ3) is 4.04. The predicted octanol–water partition coefficient (Wildman–Crippen LogP) is 2.30. The molecular formula is C14H25F2N3O. The van der Waals surface area contributed by atoms with Gasteiger partial charge in [-0.2, -0.15) is 0 Å². The van der Waals surface area contributed by atoms with Crippen LogP contribution in [0.25, 0.3) is 0 Å². The highest BCUT2D eigenvalue weighted by molar-refractivity contribution is 5.74. The minimum absolute atomic E-state index is 0.156. The van der Waals surface area contributed by atoms with Gasteiger partial charge in [-0.1, -0.05) is 0 Å². The predicted molar refractivity (Wildman–Crippen MR) is 74.0 cm³/mol. The largest absolute Gasteiger partial charge is 0.335 e. The van der Waals surface area contributed by atoms with Gasteiger partial charge >= 0.3 is 6.03 Å². The highest BCUT2D eigenvalue weighted by atomic mass is 19.3. The molecule has 2 amide bonds. The quantitative estimate of drug-likeness (QED) is 0.846. The van der Waals surface area contributed by atoms with Crippen molar-refractivity contribution < 1.29 is 13.6 Å². The monoisotopic (exact) mass is 289 g/mol. The fourth-order valence-corrected chi connectivity index (χ4v) is 2.86. The molecule has 2 aliphatic heterocycles. The summed E-state index contributed by atoms with van der Waals surface area (Å²) in [6.07, 6.45) is 1.44. The molecule has 2 saturated heterocycles. The third-order valence-electron chi connectivity index (χ3n) is 4.37. The Balaban J connectivity index is 1.73. The number of piperidine rings is 2. The lowest BCUT2D eigenvalue weighted by Gasteiger charge is -2.37. The minimum atomic E-state index is -2.60. The van der Waals surface area contributed by atoms with E-state index in [0.717, 1.165) is 25.9 Å². The van der Waals surface area contributed by atoms with Gasteiger partial charge in [-0.3, -0.25) is 0 Å². The smallest absolute Gasteiger partial charge is 0.317 e. The average molecular weight is 289 g/mol. The first-order chi connectivity index (χ1) is 9.37. The molecule has 0 unspecified atom stereocenters. The molecule has 1 N–H and O–H groups in total. The van der Waals surface area contributed by atoms with Crippen molar-refractivity contribution in [3.8, 4) is 0 Å². The Morgan fingerprint density at radius 3 is 2.20 bits per heavy atom. The van der Waals surface area contributed by atoms with Gasteiger partial charge in [0.1, 0.15) is 0 Å². The van der Waals surface area contributed by atoms with Gasteiger partial charge in [-0.15, -0.1) is 0 Å². The van der Waals surface area contributed by atoms with Crippen molar-refractivity contribution in [3.05, 3.63) is 0 Å². The Morgan fingerprint density at radius 1 is 1.15 bits per heavy atom. The Hall–Kier alpha value is -0.910. The third-order valence-corrected chi connectivity index (χ3v) is 4.37. The number of halogens is 2. The molecule has 0 spiro atoms. The summed E-state index contributed by atoms with van der Waals surface area (Å²) in [5.74, 6) is -2.60. The summed E-state index contributed by atoms with van der Waals surface area (Å²) in [4.78, 5) is 16.0. The lowest BCUT2D eigenvalue weighted by molar-refractivity contribution is -0.0471. The first kappa shape index (κ1) is 15.5. The molecule has 0 bridgehead atoms. The molecule has 116 valence electrons. The number of likely N-dealkylation sites (tertiary alicyclic amines) is 2.